The number of benzene rings is 1. The van der Waals surface area contributed by atoms with Gasteiger partial charge in [0, 0.05) is 13.2 Å². The molecular formula is C15H23ClN2O4. The Labute approximate surface area is 136 Å². The van der Waals surface area contributed by atoms with Gasteiger partial charge in [0.25, 0.3) is 0 Å². The molecule has 1 aromatic carbocycles. The van der Waals surface area contributed by atoms with Crippen LogP contribution in [0.5, 0.6) is 11.5 Å². The van der Waals surface area contributed by atoms with Crippen LogP contribution in [0.1, 0.15) is 12.8 Å². The van der Waals surface area contributed by atoms with Crippen LogP contribution in [0.3, 0.4) is 0 Å². The number of amides is 1. The largest absolute Gasteiger partial charge is 0.497 e. The first-order valence-corrected chi connectivity index (χ1v) is 7.06. The molecule has 1 aliphatic rings. The van der Waals surface area contributed by atoms with Crippen molar-refractivity contribution in [1.29, 1.82) is 0 Å². The lowest BCUT2D eigenvalue weighted by molar-refractivity contribution is -0.129. The van der Waals surface area contributed by atoms with E-state index in [2.05, 4.69) is 5.32 Å². The Balaban J connectivity index is 0.00000242. The van der Waals surface area contributed by atoms with Crippen LogP contribution >= 0.6 is 12.4 Å². The van der Waals surface area contributed by atoms with Gasteiger partial charge in [0.2, 0.25) is 5.91 Å². The standard InChI is InChI=1S/C15H22N2O4.ClH/c1-19-12-2-4-13(5-3-12)21-11-8-17-14(18)15(16)6-9-20-10-7-15;/h2-5H,6-11,16H2,1H3,(H,17,18);1H. The van der Waals surface area contributed by atoms with Crippen molar-refractivity contribution in [3.8, 4) is 11.5 Å². The van der Waals surface area contributed by atoms with Crippen LogP contribution in [0.2, 0.25) is 0 Å². The molecule has 0 atom stereocenters. The molecule has 1 fully saturated rings. The van der Waals surface area contributed by atoms with Crippen molar-refractivity contribution in [1.82, 2.24) is 5.32 Å². The molecule has 1 saturated heterocycles. The molecule has 0 spiro atoms. The number of methoxy groups -OCH3 is 1. The van der Waals surface area contributed by atoms with Gasteiger partial charge in [-0.05, 0) is 37.1 Å². The summed E-state index contributed by atoms with van der Waals surface area (Å²) in [6.45, 7) is 1.88. The van der Waals surface area contributed by atoms with E-state index < -0.39 is 5.54 Å². The molecule has 0 saturated carbocycles. The van der Waals surface area contributed by atoms with E-state index in [0.29, 0.717) is 39.2 Å². The minimum absolute atomic E-state index is 0. The van der Waals surface area contributed by atoms with Gasteiger partial charge in [0.15, 0.2) is 0 Å². The van der Waals surface area contributed by atoms with E-state index in [-0.39, 0.29) is 18.3 Å². The number of nitrogens with two attached hydrogens (primary N) is 1. The van der Waals surface area contributed by atoms with Crippen LogP contribution in [0, 0.1) is 0 Å². The molecule has 0 radical (unpaired) electrons. The lowest BCUT2D eigenvalue weighted by atomic mass is 9.90. The van der Waals surface area contributed by atoms with Crippen molar-refractivity contribution in [2.75, 3.05) is 33.5 Å². The number of hydrogen-bond acceptors (Lipinski definition) is 5. The van der Waals surface area contributed by atoms with E-state index >= 15 is 0 Å². The summed E-state index contributed by atoms with van der Waals surface area (Å²) < 4.78 is 15.8. The van der Waals surface area contributed by atoms with E-state index in [1.807, 2.05) is 24.3 Å². The fourth-order valence-electron chi connectivity index (χ4n) is 2.14. The minimum Gasteiger partial charge on any atom is -0.497 e. The Hall–Kier alpha value is -1.50. The number of carbonyl (C=O) groups excluding carboxylic acids is 1. The second-order valence-electron chi connectivity index (χ2n) is 5.05. The Morgan fingerprint density at radius 1 is 1.27 bits per heavy atom. The second-order valence-corrected chi connectivity index (χ2v) is 5.05. The molecular weight excluding hydrogens is 308 g/mol. The summed E-state index contributed by atoms with van der Waals surface area (Å²) in [4.78, 5) is 12.1. The van der Waals surface area contributed by atoms with E-state index in [1.54, 1.807) is 7.11 Å². The Bertz CT molecular complexity index is 461. The molecule has 0 bridgehead atoms. The van der Waals surface area contributed by atoms with Crippen molar-refractivity contribution in [3.63, 3.8) is 0 Å². The van der Waals surface area contributed by atoms with Crippen LogP contribution in [0.4, 0.5) is 0 Å². The topological polar surface area (TPSA) is 82.8 Å². The summed E-state index contributed by atoms with van der Waals surface area (Å²) in [6.07, 6.45) is 1.11. The number of ether oxygens (including phenoxy) is 3. The van der Waals surface area contributed by atoms with Crippen molar-refractivity contribution in [3.05, 3.63) is 24.3 Å². The number of rotatable bonds is 6. The molecule has 124 valence electrons. The molecule has 3 N–H and O–H groups in total. The minimum atomic E-state index is -0.807. The lowest BCUT2D eigenvalue weighted by Crippen LogP contribution is -2.57. The molecule has 0 aromatic heterocycles. The highest BCUT2D eigenvalue weighted by Gasteiger charge is 2.35. The van der Waals surface area contributed by atoms with Gasteiger partial charge in [-0.15, -0.1) is 12.4 Å². The average Bonchev–Trinajstić information content (AvgIpc) is 2.52. The molecule has 0 unspecified atom stereocenters. The van der Waals surface area contributed by atoms with Gasteiger partial charge in [0.1, 0.15) is 18.1 Å². The van der Waals surface area contributed by atoms with E-state index in [9.17, 15) is 4.79 Å². The summed E-state index contributed by atoms with van der Waals surface area (Å²) >= 11 is 0. The number of carbonyl (C=O) groups is 1. The van der Waals surface area contributed by atoms with Gasteiger partial charge < -0.3 is 25.3 Å². The second kappa shape index (κ2) is 8.82. The highest BCUT2D eigenvalue weighted by atomic mass is 35.5. The van der Waals surface area contributed by atoms with Gasteiger partial charge in [-0.3, -0.25) is 4.79 Å². The third-order valence-corrected chi connectivity index (χ3v) is 3.55. The summed E-state index contributed by atoms with van der Waals surface area (Å²) in [5.41, 5.74) is 5.27. The maximum Gasteiger partial charge on any atom is 0.240 e. The number of nitrogens with one attached hydrogen (secondary N) is 1. The van der Waals surface area contributed by atoms with Crippen LogP contribution < -0.4 is 20.5 Å². The first kappa shape index (κ1) is 18.5. The molecule has 2 rings (SSSR count). The van der Waals surface area contributed by atoms with Crippen molar-refractivity contribution >= 4 is 18.3 Å². The zero-order valence-corrected chi connectivity index (χ0v) is 13.5. The smallest absolute Gasteiger partial charge is 0.240 e. The van der Waals surface area contributed by atoms with Crippen LogP contribution in [-0.2, 0) is 9.53 Å². The Morgan fingerprint density at radius 2 is 1.86 bits per heavy atom. The highest BCUT2D eigenvalue weighted by Crippen LogP contribution is 2.18. The number of hydrogen-bond donors (Lipinski definition) is 2. The third-order valence-electron chi connectivity index (χ3n) is 3.55. The molecule has 1 amide bonds. The van der Waals surface area contributed by atoms with Crippen molar-refractivity contribution in [2.24, 2.45) is 5.73 Å². The monoisotopic (exact) mass is 330 g/mol. The predicted molar refractivity (Wildman–Crippen MR) is 85.7 cm³/mol. The summed E-state index contributed by atoms with van der Waals surface area (Å²) in [5, 5.41) is 2.82. The molecule has 1 heterocycles. The SMILES string of the molecule is COc1ccc(OCCNC(=O)C2(N)CCOCC2)cc1.Cl. The summed E-state index contributed by atoms with van der Waals surface area (Å²) in [6, 6.07) is 7.29. The number of halogens is 1. The molecule has 22 heavy (non-hydrogen) atoms. The van der Waals surface area contributed by atoms with Crippen LogP contribution in [-0.4, -0.2) is 44.9 Å². The quantitative estimate of drug-likeness (QED) is 0.764. The highest BCUT2D eigenvalue weighted by molar-refractivity contribution is 5.86. The summed E-state index contributed by atoms with van der Waals surface area (Å²) in [7, 11) is 1.62. The maximum absolute atomic E-state index is 12.1. The van der Waals surface area contributed by atoms with Crippen LogP contribution in [0.25, 0.3) is 0 Å². The predicted octanol–water partition coefficient (Wildman–Crippen LogP) is 1.12. The molecule has 0 aliphatic carbocycles. The van der Waals surface area contributed by atoms with Gasteiger partial charge in [-0.25, -0.2) is 0 Å². The molecule has 6 nitrogen and oxygen atoms in total. The first-order chi connectivity index (χ1) is 10.1. The fraction of sp³-hybridized carbons (Fsp3) is 0.533. The zero-order chi connectivity index (χ0) is 15.1. The fourth-order valence-corrected chi connectivity index (χ4v) is 2.14. The normalized spacial score (nSPS) is 16.3. The third kappa shape index (κ3) is 5.05. The van der Waals surface area contributed by atoms with Crippen LogP contribution in [0.15, 0.2) is 24.3 Å². The van der Waals surface area contributed by atoms with E-state index in [0.717, 1.165) is 11.5 Å². The molecule has 1 aliphatic heterocycles. The lowest BCUT2D eigenvalue weighted by Gasteiger charge is -2.31. The zero-order valence-electron chi connectivity index (χ0n) is 12.7. The van der Waals surface area contributed by atoms with Crippen molar-refractivity contribution in [2.45, 2.75) is 18.4 Å². The maximum atomic E-state index is 12.1. The Morgan fingerprint density at radius 3 is 2.45 bits per heavy atom. The van der Waals surface area contributed by atoms with Gasteiger partial charge in [-0.1, -0.05) is 0 Å². The average molecular weight is 331 g/mol. The van der Waals surface area contributed by atoms with Gasteiger partial charge in [0.05, 0.1) is 19.2 Å². The summed E-state index contributed by atoms with van der Waals surface area (Å²) in [5.74, 6) is 1.38. The van der Waals surface area contributed by atoms with Gasteiger partial charge in [-0.2, -0.15) is 0 Å². The van der Waals surface area contributed by atoms with E-state index in [4.69, 9.17) is 19.9 Å². The first-order valence-electron chi connectivity index (χ1n) is 7.06. The van der Waals surface area contributed by atoms with Gasteiger partial charge >= 0.3 is 0 Å². The van der Waals surface area contributed by atoms with Crippen molar-refractivity contribution < 1.29 is 19.0 Å². The molecule has 1 aromatic rings. The Kier molecular flexibility index (Phi) is 7.44. The van der Waals surface area contributed by atoms with E-state index in [1.165, 1.54) is 0 Å². The molecule has 7 heteroatoms.